The Hall–Kier alpha value is -1.95. The predicted octanol–water partition coefficient (Wildman–Crippen LogP) is 3.89. The Balaban J connectivity index is 1.67. The van der Waals surface area contributed by atoms with Gasteiger partial charge in [0.05, 0.1) is 10.7 Å². The van der Waals surface area contributed by atoms with E-state index in [0.29, 0.717) is 6.61 Å². The van der Waals surface area contributed by atoms with Gasteiger partial charge in [-0.2, -0.15) is 0 Å². The maximum atomic E-state index is 5.77. The summed E-state index contributed by atoms with van der Waals surface area (Å²) in [5.41, 5.74) is 3.35. The molecule has 1 fully saturated rings. The standard InChI is InChI=1S/C21H27N3OS/c1-3-8-25-21-10-17(4-5-20-15-26-16(2)24-20)9-19(11-21)14-23-13-18-6-7-22-12-18/h3-5,9-11,15,18,22-23H,1,6-8,12-14H2,2H3/b5-4+. The van der Waals surface area contributed by atoms with Crippen molar-refractivity contribution in [3.05, 3.63) is 58.1 Å². The van der Waals surface area contributed by atoms with Gasteiger partial charge < -0.3 is 15.4 Å². The van der Waals surface area contributed by atoms with Crippen LogP contribution in [0.4, 0.5) is 0 Å². The van der Waals surface area contributed by atoms with Crippen LogP contribution in [-0.2, 0) is 6.54 Å². The van der Waals surface area contributed by atoms with Crippen molar-refractivity contribution in [2.24, 2.45) is 5.92 Å². The summed E-state index contributed by atoms with van der Waals surface area (Å²) in [6.45, 7) is 10.4. The molecule has 1 aromatic carbocycles. The Bertz CT molecular complexity index is 747. The number of nitrogens with zero attached hydrogens (tertiary/aromatic N) is 1. The van der Waals surface area contributed by atoms with Crippen LogP contribution in [0.15, 0.2) is 36.2 Å². The Kier molecular flexibility index (Phi) is 7.00. The van der Waals surface area contributed by atoms with Gasteiger partial charge >= 0.3 is 0 Å². The lowest BCUT2D eigenvalue weighted by Gasteiger charge is -2.12. The van der Waals surface area contributed by atoms with Gasteiger partial charge in [-0.25, -0.2) is 4.98 Å². The number of rotatable bonds is 9. The molecule has 4 nitrogen and oxygen atoms in total. The third kappa shape index (κ3) is 5.80. The lowest BCUT2D eigenvalue weighted by molar-refractivity contribution is 0.362. The maximum Gasteiger partial charge on any atom is 0.120 e. The molecular weight excluding hydrogens is 342 g/mol. The molecule has 0 amide bonds. The molecule has 0 aliphatic carbocycles. The number of benzene rings is 1. The topological polar surface area (TPSA) is 46.2 Å². The van der Waals surface area contributed by atoms with E-state index in [1.54, 1.807) is 17.4 Å². The van der Waals surface area contributed by atoms with Crippen LogP contribution in [-0.4, -0.2) is 31.2 Å². The van der Waals surface area contributed by atoms with Gasteiger partial charge in [0.15, 0.2) is 0 Å². The van der Waals surface area contributed by atoms with Gasteiger partial charge in [-0.1, -0.05) is 24.8 Å². The number of hydrogen-bond donors (Lipinski definition) is 2. The Labute approximate surface area is 160 Å². The van der Waals surface area contributed by atoms with Gasteiger partial charge in [-0.15, -0.1) is 11.3 Å². The second kappa shape index (κ2) is 9.67. The SMILES string of the molecule is C=CCOc1cc(/C=C/c2csc(C)n2)cc(CNCC2CCNC2)c1. The molecule has 5 heteroatoms. The molecular formula is C21H27N3OS. The van der Waals surface area contributed by atoms with Crippen LogP contribution in [0.3, 0.4) is 0 Å². The zero-order chi connectivity index (χ0) is 18.2. The van der Waals surface area contributed by atoms with Crippen LogP contribution < -0.4 is 15.4 Å². The van der Waals surface area contributed by atoms with E-state index in [0.717, 1.165) is 54.1 Å². The van der Waals surface area contributed by atoms with Crippen molar-refractivity contribution in [2.75, 3.05) is 26.2 Å². The summed E-state index contributed by atoms with van der Waals surface area (Å²) in [5.74, 6) is 1.61. The van der Waals surface area contributed by atoms with Crippen molar-refractivity contribution in [1.82, 2.24) is 15.6 Å². The molecule has 1 unspecified atom stereocenters. The van der Waals surface area contributed by atoms with E-state index >= 15 is 0 Å². The molecule has 1 saturated heterocycles. The normalized spacial score (nSPS) is 17.0. The number of hydrogen-bond acceptors (Lipinski definition) is 5. The molecule has 1 atom stereocenters. The highest BCUT2D eigenvalue weighted by Gasteiger charge is 2.13. The first-order valence-electron chi connectivity index (χ1n) is 9.12. The fourth-order valence-electron chi connectivity index (χ4n) is 3.07. The lowest BCUT2D eigenvalue weighted by atomic mass is 10.1. The van der Waals surface area contributed by atoms with E-state index in [1.165, 1.54) is 12.0 Å². The van der Waals surface area contributed by atoms with Crippen molar-refractivity contribution in [2.45, 2.75) is 19.9 Å². The minimum atomic E-state index is 0.513. The summed E-state index contributed by atoms with van der Waals surface area (Å²) < 4.78 is 5.77. The van der Waals surface area contributed by atoms with Crippen molar-refractivity contribution in [3.63, 3.8) is 0 Å². The van der Waals surface area contributed by atoms with Gasteiger partial charge in [-0.3, -0.25) is 0 Å². The number of aromatic nitrogens is 1. The Morgan fingerprint density at radius 2 is 2.31 bits per heavy atom. The first-order chi connectivity index (χ1) is 12.7. The van der Waals surface area contributed by atoms with E-state index in [9.17, 15) is 0 Å². The molecule has 3 rings (SSSR count). The number of ether oxygens (including phenoxy) is 1. The second-order valence-electron chi connectivity index (χ2n) is 6.62. The maximum absolute atomic E-state index is 5.77. The largest absolute Gasteiger partial charge is 0.490 e. The fraction of sp³-hybridized carbons (Fsp3) is 0.381. The summed E-state index contributed by atoms with van der Waals surface area (Å²) in [7, 11) is 0. The Morgan fingerprint density at radius 1 is 1.38 bits per heavy atom. The highest BCUT2D eigenvalue weighted by molar-refractivity contribution is 7.09. The predicted molar refractivity (Wildman–Crippen MR) is 111 cm³/mol. The van der Waals surface area contributed by atoms with Crippen molar-refractivity contribution in [3.8, 4) is 5.75 Å². The van der Waals surface area contributed by atoms with Gasteiger partial charge in [0, 0.05) is 11.9 Å². The molecule has 0 spiro atoms. The Morgan fingerprint density at radius 3 is 3.04 bits per heavy atom. The second-order valence-corrected chi connectivity index (χ2v) is 7.69. The van der Waals surface area contributed by atoms with Gasteiger partial charge in [-0.05, 0) is 68.2 Å². The molecule has 138 valence electrons. The highest BCUT2D eigenvalue weighted by Crippen LogP contribution is 2.20. The smallest absolute Gasteiger partial charge is 0.120 e. The number of aryl methyl sites for hydroxylation is 1. The summed E-state index contributed by atoms with van der Waals surface area (Å²) >= 11 is 1.67. The average molecular weight is 370 g/mol. The average Bonchev–Trinajstić information content (AvgIpc) is 3.30. The zero-order valence-electron chi connectivity index (χ0n) is 15.3. The molecule has 0 bridgehead atoms. The van der Waals surface area contributed by atoms with E-state index in [4.69, 9.17) is 4.74 Å². The molecule has 2 aromatic rings. The van der Waals surface area contributed by atoms with Crippen LogP contribution in [0.5, 0.6) is 5.75 Å². The molecule has 2 N–H and O–H groups in total. The van der Waals surface area contributed by atoms with E-state index in [2.05, 4.69) is 57.9 Å². The van der Waals surface area contributed by atoms with Gasteiger partial charge in [0.2, 0.25) is 0 Å². The summed E-state index contributed by atoms with van der Waals surface area (Å²) in [4.78, 5) is 4.48. The third-order valence-electron chi connectivity index (χ3n) is 4.36. The first-order valence-corrected chi connectivity index (χ1v) is 10.00. The molecule has 1 aliphatic heterocycles. The highest BCUT2D eigenvalue weighted by atomic mass is 32.1. The summed E-state index contributed by atoms with van der Waals surface area (Å²) in [6.07, 6.45) is 7.18. The molecule has 2 heterocycles. The number of thiazole rings is 1. The van der Waals surface area contributed by atoms with Crippen molar-refractivity contribution < 1.29 is 4.74 Å². The minimum absolute atomic E-state index is 0.513. The summed E-state index contributed by atoms with van der Waals surface area (Å²) in [5, 5.41) is 10.1. The monoisotopic (exact) mass is 369 g/mol. The third-order valence-corrected chi connectivity index (χ3v) is 5.16. The molecule has 1 aromatic heterocycles. The quantitative estimate of drug-likeness (QED) is 0.659. The van der Waals surface area contributed by atoms with Crippen LogP contribution in [0, 0.1) is 12.8 Å². The van der Waals surface area contributed by atoms with Crippen LogP contribution in [0.25, 0.3) is 12.2 Å². The molecule has 0 radical (unpaired) electrons. The van der Waals surface area contributed by atoms with E-state index in [1.807, 2.05) is 6.92 Å². The van der Waals surface area contributed by atoms with Crippen LogP contribution in [0.1, 0.15) is 28.2 Å². The lowest BCUT2D eigenvalue weighted by Crippen LogP contribution is -2.24. The fourth-order valence-corrected chi connectivity index (χ4v) is 3.65. The molecule has 1 aliphatic rings. The van der Waals surface area contributed by atoms with Gasteiger partial charge in [0.25, 0.3) is 0 Å². The number of nitrogens with one attached hydrogen (secondary N) is 2. The first kappa shape index (κ1) is 18.8. The van der Waals surface area contributed by atoms with Crippen LogP contribution in [0.2, 0.25) is 0 Å². The molecule has 0 saturated carbocycles. The van der Waals surface area contributed by atoms with E-state index in [-0.39, 0.29) is 0 Å². The minimum Gasteiger partial charge on any atom is -0.490 e. The summed E-state index contributed by atoms with van der Waals surface area (Å²) in [6, 6.07) is 6.37. The van der Waals surface area contributed by atoms with Crippen molar-refractivity contribution >= 4 is 23.5 Å². The molecule has 26 heavy (non-hydrogen) atoms. The van der Waals surface area contributed by atoms with E-state index < -0.39 is 0 Å². The van der Waals surface area contributed by atoms with Crippen molar-refractivity contribution in [1.29, 1.82) is 0 Å². The zero-order valence-corrected chi connectivity index (χ0v) is 16.1. The van der Waals surface area contributed by atoms with Gasteiger partial charge in [0.1, 0.15) is 12.4 Å². The van der Waals surface area contributed by atoms with Crippen LogP contribution >= 0.6 is 11.3 Å².